The molecule has 0 radical (unpaired) electrons. The summed E-state index contributed by atoms with van der Waals surface area (Å²) in [5, 5.41) is 16.8. The lowest BCUT2D eigenvalue weighted by atomic mass is 9.98. The molecule has 0 aliphatic carbocycles. The number of ether oxygens (including phenoxy) is 3. The summed E-state index contributed by atoms with van der Waals surface area (Å²) in [5.74, 6) is 2.18. The fourth-order valence-corrected chi connectivity index (χ4v) is 5.05. The molecular weight excluding hydrogens is 440 g/mol. The molecule has 1 atom stereocenters. The fraction of sp³-hybridized carbons (Fsp3) is 0.320. The number of hydrogen-bond donors (Lipinski definition) is 1. The number of aromatic nitrogens is 1. The Bertz CT molecular complexity index is 1250. The van der Waals surface area contributed by atoms with Crippen LogP contribution in [0.2, 0.25) is 0 Å². The lowest BCUT2D eigenvalue weighted by Crippen LogP contribution is -2.38. The number of benzene rings is 2. The molecule has 3 heterocycles. The number of thiophene rings is 1. The van der Waals surface area contributed by atoms with Gasteiger partial charge in [0.25, 0.3) is 0 Å². The number of rotatable bonds is 8. The monoisotopic (exact) mass is 466 g/mol. The molecule has 0 amide bonds. The van der Waals surface area contributed by atoms with Crippen LogP contribution in [0, 0.1) is 0 Å². The molecule has 0 saturated heterocycles. The van der Waals surface area contributed by atoms with Gasteiger partial charge in [0.15, 0.2) is 17.1 Å². The van der Waals surface area contributed by atoms with Gasteiger partial charge in [0.05, 0.1) is 14.2 Å². The zero-order valence-electron chi connectivity index (χ0n) is 18.6. The number of methoxy groups -OCH3 is 2. The Morgan fingerprint density at radius 3 is 2.76 bits per heavy atom. The summed E-state index contributed by atoms with van der Waals surface area (Å²) in [4.78, 5) is 2.24. The summed E-state index contributed by atoms with van der Waals surface area (Å²) in [5.41, 5.74) is 4.99. The molecule has 5 rings (SSSR count). The number of aliphatic hydroxyl groups excluding tert-OH is 1. The van der Waals surface area contributed by atoms with Crippen molar-refractivity contribution in [2.24, 2.45) is 0 Å². The smallest absolute Gasteiger partial charge is 0.178 e. The van der Waals surface area contributed by atoms with Crippen LogP contribution in [0.15, 0.2) is 52.4 Å². The highest BCUT2D eigenvalue weighted by Crippen LogP contribution is 2.34. The van der Waals surface area contributed by atoms with E-state index in [1.165, 1.54) is 11.1 Å². The summed E-state index contributed by atoms with van der Waals surface area (Å²) < 4.78 is 23.2. The van der Waals surface area contributed by atoms with Gasteiger partial charge in [-0.15, -0.1) is 11.3 Å². The van der Waals surface area contributed by atoms with E-state index in [-0.39, 0.29) is 6.61 Å². The van der Waals surface area contributed by atoms with Crippen LogP contribution in [-0.2, 0) is 13.0 Å². The fourth-order valence-electron chi connectivity index (χ4n) is 4.24. The lowest BCUT2D eigenvalue weighted by Gasteiger charge is -2.31. The van der Waals surface area contributed by atoms with Gasteiger partial charge in [0.1, 0.15) is 28.9 Å². The zero-order valence-corrected chi connectivity index (χ0v) is 19.4. The van der Waals surface area contributed by atoms with Gasteiger partial charge in [-0.1, -0.05) is 17.3 Å². The quantitative estimate of drug-likeness (QED) is 0.413. The molecule has 1 aliphatic rings. The van der Waals surface area contributed by atoms with Crippen LogP contribution in [0.4, 0.5) is 0 Å². The average molecular weight is 467 g/mol. The van der Waals surface area contributed by atoms with Crippen molar-refractivity contribution in [2.75, 3.05) is 33.9 Å². The normalized spacial score (nSPS) is 14.8. The zero-order chi connectivity index (χ0) is 22.8. The molecule has 0 unspecified atom stereocenters. The minimum atomic E-state index is -0.605. The highest BCUT2D eigenvalue weighted by atomic mass is 32.1. The average Bonchev–Trinajstić information content (AvgIpc) is 3.46. The van der Waals surface area contributed by atoms with Crippen molar-refractivity contribution in [3.8, 4) is 28.5 Å². The minimum Gasteiger partial charge on any atom is -0.493 e. The minimum absolute atomic E-state index is 0.214. The summed E-state index contributed by atoms with van der Waals surface area (Å²) in [6.07, 6.45) is 0.298. The Balaban J connectivity index is 1.19. The number of hydrogen-bond acceptors (Lipinski definition) is 8. The highest BCUT2D eigenvalue weighted by molar-refractivity contribution is 7.17. The molecule has 33 heavy (non-hydrogen) atoms. The largest absolute Gasteiger partial charge is 0.493 e. The van der Waals surface area contributed by atoms with E-state index in [0.29, 0.717) is 12.3 Å². The van der Waals surface area contributed by atoms with Crippen molar-refractivity contribution >= 4 is 21.6 Å². The molecule has 0 bridgehead atoms. The van der Waals surface area contributed by atoms with Crippen molar-refractivity contribution in [1.82, 2.24) is 10.1 Å². The number of aliphatic hydroxyl groups is 1. The van der Waals surface area contributed by atoms with Crippen molar-refractivity contribution in [3.05, 3.63) is 59.0 Å². The topological polar surface area (TPSA) is 77.2 Å². The van der Waals surface area contributed by atoms with Gasteiger partial charge in [-0.2, -0.15) is 0 Å². The van der Waals surface area contributed by atoms with Crippen LogP contribution >= 0.6 is 11.3 Å². The molecule has 0 spiro atoms. The van der Waals surface area contributed by atoms with Gasteiger partial charge < -0.3 is 23.8 Å². The predicted molar refractivity (Wildman–Crippen MR) is 127 cm³/mol. The van der Waals surface area contributed by atoms with Crippen LogP contribution in [0.25, 0.3) is 21.5 Å². The Labute approximate surface area is 196 Å². The first-order chi connectivity index (χ1) is 16.1. The van der Waals surface area contributed by atoms with E-state index < -0.39 is 6.10 Å². The van der Waals surface area contributed by atoms with Crippen LogP contribution in [0.3, 0.4) is 0 Å². The van der Waals surface area contributed by atoms with Gasteiger partial charge in [-0.3, -0.25) is 4.90 Å². The van der Waals surface area contributed by atoms with Gasteiger partial charge >= 0.3 is 0 Å². The van der Waals surface area contributed by atoms with Gasteiger partial charge in [0.2, 0.25) is 0 Å². The summed E-state index contributed by atoms with van der Waals surface area (Å²) >= 11 is 1.60. The molecule has 2 aromatic heterocycles. The number of fused-ring (bicyclic) bond motifs is 2. The molecule has 4 aromatic rings. The summed E-state index contributed by atoms with van der Waals surface area (Å²) in [7, 11) is 3.30. The van der Waals surface area contributed by atoms with Crippen molar-refractivity contribution in [1.29, 1.82) is 0 Å². The van der Waals surface area contributed by atoms with Crippen LogP contribution in [-0.4, -0.2) is 55.2 Å². The predicted octanol–water partition coefficient (Wildman–Crippen LogP) is 4.37. The first-order valence-corrected chi connectivity index (χ1v) is 11.7. The molecule has 2 aromatic carbocycles. The SMILES string of the molecule is COc1cc2c(cc1OC)CN(C[C@@H](O)COc1cccc(-c3noc4ccsc34)c1)CC2. The van der Waals surface area contributed by atoms with Gasteiger partial charge in [0, 0.05) is 25.2 Å². The second kappa shape index (κ2) is 9.43. The molecule has 7 nitrogen and oxygen atoms in total. The van der Waals surface area contributed by atoms with E-state index in [1.54, 1.807) is 25.6 Å². The number of β-amino-alcohol motifs (C(OH)–C–C–N with tert-alkyl or cyclic N) is 1. The van der Waals surface area contributed by atoms with Crippen LogP contribution < -0.4 is 14.2 Å². The highest BCUT2D eigenvalue weighted by Gasteiger charge is 2.21. The second-order valence-electron chi connectivity index (χ2n) is 8.10. The van der Waals surface area contributed by atoms with Crippen molar-refractivity contribution in [2.45, 2.75) is 19.1 Å². The maximum absolute atomic E-state index is 10.6. The first-order valence-electron chi connectivity index (χ1n) is 10.8. The van der Waals surface area contributed by atoms with E-state index in [9.17, 15) is 5.11 Å². The third-order valence-electron chi connectivity index (χ3n) is 5.90. The summed E-state index contributed by atoms with van der Waals surface area (Å²) in [6.45, 7) is 2.38. The van der Waals surface area contributed by atoms with Gasteiger partial charge in [-0.25, -0.2) is 0 Å². The van der Waals surface area contributed by atoms with E-state index in [4.69, 9.17) is 18.7 Å². The number of nitrogens with zero attached hydrogens (tertiary/aromatic N) is 2. The Hall–Kier alpha value is -3.07. The Morgan fingerprint density at radius 1 is 1.12 bits per heavy atom. The molecule has 172 valence electrons. The molecule has 8 heteroatoms. The van der Waals surface area contributed by atoms with E-state index in [1.807, 2.05) is 41.8 Å². The molecular formula is C25H26N2O5S. The van der Waals surface area contributed by atoms with Gasteiger partial charge in [-0.05, 0) is 53.3 Å². The third kappa shape index (κ3) is 4.55. The Morgan fingerprint density at radius 2 is 1.94 bits per heavy atom. The third-order valence-corrected chi connectivity index (χ3v) is 6.80. The van der Waals surface area contributed by atoms with Crippen molar-refractivity contribution in [3.63, 3.8) is 0 Å². The van der Waals surface area contributed by atoms with Crippen LogP contribution in [0.1, 0.15) is 11.1 Å². The molecule has 1 N–H and O–H groups in total. The lowest BCUT2D eigenvalue weighted by molar-refractivity contribution is 0.0637. The first kappa shape index (κ1) is 21.8. The maximum atomic E-state index is 10.6. The summed E-state index contributed by atoms with van der Waals surface area (Å²) in [6, 6.07) is 13.7. The molecule has 0 saturated carbocycles. The van der Waals surface area contributed by atoms with E-state index in [0.717, 1.165) is 52.5 Å². The second-order valence-corrected chi connectivity index (χ2v) is 9.01. The maximum Gasteiger partial charge on any atom is 0.178 e. The van der Waals surface area contributed by atoms with Crippen LogP contribution in [0.5, 0.6) is 17.2 Å². The van der Waals surface area contributed by atoms with E-state index in [2.05, 4.69) is 16.1 Å². The standard InChI is InChI=1S/C25H26N2O5S/c1-29-22-11-16-6-8-27(13-18(16)12-23(22)30-2)14-19(28)15-31-20-5-3-4-17(10-20)24-25-21(32-26-24)7-9-33-25/h3-5,7,9-12,19,28H,6,8,13-15H2,1-2H3/t19-/m1/s1. The molecule has 1 aliphatic heterocycles. The van der Waals surface area contributed by atoms with Crippen molar-refractivity contribution < 1.29 is 23.8 Å². The Kier molecular flexibility index (Phi) is 6.22. The molecule has 0 fully saturated rings. The van der Waals surface area contributed by atoms with E-state index >= 15 is 0 Å².